The summed E-state index contributed by atoms with van der Waals surface area (Å²) in [5, 5.41) is 0. The van der Waals surface area contributed by atoms with Gasteiger partial charge in [0, 0.05) is 0 Å². The molecule has 0 saturated heterocycles. The molecule has 0 N–H and O–H groups in total. The molecule has 0 aromatic heterocycles. The van der Waals surface area contributed by atoms with Crippen molar-refractivity contribution in [1.29, 1.82) is 0 Å². The number of hydrogen-bond donors (Lipinski definition) is 0. The fourth-order valence-corrected chi connectivity index (χ4v) is 3.15. The topological polar surface area (TPSA) is 0 Å². The lowest BCUT2D eigenvalue weighted by Crippen LogP contribution is -2.32. The van der Waals surface area contributed by atoms with Crippen LogP contribution in [0.3, 0.4) is 0 Å². The maximum Gasteiger partial charge on any atom is 0.105 e. The summed E-state index contributed by atoms with van der Waals surface area (Å²) in [6.45, 7) is 0. The minimum absolute atomic E-state index is 0.0174. The Kier molecular flexibility index (Phi) is 3.97. The molecule has 0 bridgehead atoms. The van der Waals surface area contributed by atoms with Gasteiger partial charge in [0.15, 0.2) is 0 Å². The van der Waals surface area contributed by atoms with Crippen LogP contribution in [-0.2, 0) is 0 Å². The lowest BCUT2D eigenvalue weighted by molar-refractivity contribution is 0.694. The van der Waals surface area contributed by atoms with Gasteiger partial charge in [0.1, 0.15) is 6.47 Å². The van der Waals surface area contributed by atoms with Gasteiger partial charge >= 0.3 is 0 Å². The Bertz CT molecular complexity index is 125. The highest BCUT2D eigenvalue weighted by atomic mass is 79.9. The Morgan fingerprint density at radius 1 is 0.636 bits per heavy atom. The molecule has 0 radical (unpaired) electrons. The molecule has 11 heavy (non-hydrogen) atoms. The van der Waals surface area contributed by atoms with Crippen molar-refractivity contribution in [3.8, 4) is 0 Å². The maximum absolute atomic E-state index is 3.69. The van der Waals surface area contributed by atoms with E-state index in [0.717, 1.165) is 12.8 Å². The highest BCUT2D eigenvalue weighted by Gasteiger charge is 2.44. The summed E-state index contributed by atoms with van der Waals surface area (Å²) in [6, 6.07) is 0. The molecule has 0 aromatic carbocycles. The van der Waals surface area contributed by atoms with E-state index < -0.39 is 0 Å². The van der Waals surface area contributed by atoms with Crippen molar-refractivity contribution in [2.75, 3.05) is 0 Å². The third-order valence-electron chi connectivity index (χ3n) is 2.02. The van der Waals surface area contributed by atoms with Gasteiger partial charge in [-0.1, -0.05) is 83.0 Å². The third kappa shape index (κ3) is 2.68. The van der Waals surface area contributed by atoms with Crippen LogP contribution in [0.4, 0.5) is 0 Å². The average molecular weight is 414 g/mol. The fraction of sp³-hybridized carbons (Fsp3) is 1.00. The van der Waals surface area contributed by atoms with Crippen LogP contribution in [0.25, 0.3) is 0 Å². The van der Waals surface area contributed by atoms with Gasteiger partial charge in [-0.25, -0.2) is 0 Å². The van der Waals surface area contributed by atoms with Crippen molar-refractivity contribution < 1.29 is 0 Å². The molecule has 0 nitrogen and oxygen atoms in total. The van der Waals surface area contributed by atoms with E-state index >= 15 is 0 Å². The maximum atomic E-state index is 3.69. The lowest BCUT2D eigenvalue weighted by atomic mass is 10.2. The summed E-state index contributed by atoms with van der Waals surface area (Å²) in [4.78, 5) is 0. The molecule has 0 aromatic rings. The first kappa shape index (κ1) is 11.0. The van der Waals surface area contributed by atoms with Crippen molar-refractivity contribution >= 4 is 63.7 Å². The number of alkyl halides is 4. The third-order valence-corrected chi connectivity index (χ3v) is 8.44. The molecule has 1 aliphatic rings. The molecule has 0 unspecified atom stereocenters. The smallest absolute Gasteiger partial charge is 0.0702 e. The molecular formula is C7H10Br4. The highest BCUT2D eigenvalue weighted by Crippen LogP contribution is 2.55. The van der Waals surface area contributed by atoms with Gasteiger partial charge in [-0.05, 0) is 12.8 Å². The van der Waals surface area contributed by atoms with Crippen LogP contribution >= 0.6 is 63.7 Å². The highest BCUT2D eigenvalue weighted by molar-refractivity contribution is 9.30. The second kappa shape index (κ2) is 3.97. The van der Waals surface area contributed by atoms with Gasteiger partial charge in [0.25, 0.3) is 0 Å². The molecule has 66 valence electrons. The summed E-state index contributed by atoms with van der Waals surface area (Å²) in [6.07, 6.45) is 6.22. The SMILES string of the molecule is BrC1(Br)CCCCCC1(Br)Br. The molecule has 1 fully saturated rings. The monoisotopic (exact) mass is 410 g/mol. The molecule has 1 aliphatic carbocycles. The van der Waals surface area contributed by atoms with Gasteiger partial charge in [-0.3, -0.25) is 0 Å². The van der Waals surface area contributed by atoms with E-state index in [0.29, 0.717) is 0 Å². The number of halogens is 4. The van der Waals surface area contributed by atoms with Crippen LogP contribution in [0.15, 0.2) is 0 Å². The van der Waals surface area contributed by atoms with Crippen LogP contribution < -0.4 is 0 Å². The Labute approximate surface area is 101 Å². The van der Waals surface area contributed by atoms with Crippen LogP contribution in [0.5, 0.6) is 0 Å². The summed E-state index contributed by atoms with van der Waals surface area (Å²) in [5.74, 6) is 0. The second-order valence-corrected chi connectivity index (χ2v) is 10.5. The molecule has 0 atom stereocenters. The summed E-state index contributed by atoms with van der Waals surface area (Å²) >= 11 is 14.7. The second-order valence-electron chi connectivity index (χ2n) is 2.97. The fourth-order valence-electron chi connectivity index (χ4n) is 1.24. The normalized spacial score (nSPS) is 29.5. The van der Waals surface area contributed by atoms with E-state index in [1.165, 1.54) is 19.3 Å². The van der Waals surface area contributed by atoms with Gasteiger partial charge in [-0.2, -0.15) is 0 Å². The van der Waals surface area contributed by atoms with Crippen molar-refractivity contribution in [3.63, 3.8) is 0 Å². The minimum Gasteiger partial charge on any atom is -0.0702 e. The summed E-state index contributed by atoms with van der Waals surface area (Å²) < 4.78 is 0.0347. The largest absolute Gasteiger partial charge is 0.105 e. The predicted molar refractivity (Wildman–Crippen MR) is 64.3 cm³/mol. The predicted octanol–water partition coefficient (Wildman–Crippen LogP) is 4.92. The molecule has 4 heteroatoms. The molecule has 0 spiro atoms. The Morgan fingerprint density at radius 3 is 1.36 bits per heavy atom. The Hall–Kier alpha value is 1.92. The quantitative estimate of drug-likeness (QED) is 0.390. The van der Waals surface area contributed by atoms with Crippen LogP contribution in [-0.4, -0.2) is 6.47 Å². The van der Waals surface area contributed by atoms with E-state index in [-0.39, 0.29) is 6.47 Å². The Balaban J connectivity index is 2.72. The van der Waals surface area contributed by atoms with E-state index in [9.17, 15) is 0 Å². The summed E-state index contributed by atoms with van der Waals surface area (Å²) in [7, 11) is 0. The zero-order valence-electron chi connectivity index (χ0n) is 6.05. The van der Waals surface area contributed by atoms with Crippen LogP contribution in [0.2, 0.25) is 0 Å². The van der Waals surface area contributed by atoms with Crippen molar-refractivity contribution in [1.82, 2.24) is 0 Å². The first-order chi connectivity index (χ1) is 4.96. The minimum atomic E-state index is 0.0174. The zero-order chi connectivity index (χ0) is 8.54. The van der Waals surface area contributed by atoms with Crippen molar-refractivity contribution in [2.45, 2.75) is 38.6 Å². The number of rotatable bonds is 0. The van der Waals surface area contributed by atoms with E-state index in [4.69, 9.17) is 0 Å². The summed E-state index contributed by atoms with van der Waals surface area (Å²) in [5.41, 5.74) is 0. The molecular weight excluding hydrogens is 404 g/mol. The standard InChI is InChI=1S/C7H10Br4/c8-6(9)4-2-1-3-5-7(6,10)11/h1-5H2. The molecule has 0 aliphatic heterocycles. The molecule has 0 amide bonds. The lowest BCUT2D eigenvalue weighted by Gasteiger charge is -2.32. The molecule has 0 heterocycles. The van der Waals surface area contributed by atoms with Gasteiger partial charge in [0.2, 0.25) is 0 Å². The average Bonchev–Trinajstić information content (AvgIpc) is 1.94. The van der Waals surface area contributed by atoms with Gasteiger partial charge < -0.3 is 0 Å². The van der Waals surface area contributed by atoms with Gasteiger partial charge in [0.05, 0.1) is 0 Å². The van der Waals surface area contributed by atoms with Crippen LogP contribution in [0.1, 0.15) is 32.1 Å². The number of hydrogen-bond acceptors (Lipinski definition) is 0. The van der Waals surface area contributed by atoms with Crippen LogP contribution in [0, 0.1) is 0 Å². The van der Waals surface area contributed by atoms with Crippen molar-refractivity contribution in [2.24, 2.45) is 0 Å². The first-order valence-electron chi connectivity index (χ1n) is 3.71. The van der Waals surface area contributed by atoms with E-state index in [2.05, 4.69) is 63.7 Å². The Morgan fingerprint density at radius 2 is 1.00 bits per heavy atom. The van der Waals surface area contributed by atoms with E-state index in [1.807, 2.05) is 0 Å². The first-order valence-corrected chi connectivity index (χ1v) is 6.89. The van der Waals surface area contributed by atoms with E-state index in [1.54, 1.807) is 0 Å². The zero-order valence-corrected chi connectivity index (χ0v) is 12.4. The molecule has 1 rings (SSSR count). The van der Waals surface area contributed by atoms with Crippen molar-refractivity contribution in [3.05, 3.63) is 0 Å². The molecule has 1 saturated carbocycles. The van der Waals surface area contributed by atoms with Gasteiger partial charge in [-0.15, -0.1) is 0 Å².